The van der Waals surface area contributed by atoms with Crippen LogP contribution in [0.2, 0.25) is 0 Å². The number of methoxy groups -OCH3 is 2. The van der Waals surface area contributed by atoms with Crippen LogP contribution >= 0.6 is 0 Å². The van der Waals surface area contributed by atoms with Crippen molar-refractivity contribution in [1.29, 1.82) is 0 Å². The molecule has 0 saturated carbocycles. The van der Waals surface area contributed by atoms with E-state index in [1.807, 2.05) is 24.3 Å². The van der Waals surface area contributed by atoms with E-state index in [0.29, 0.717) is 23.0 Å². The number of benzene rings is 2. The molecule has 1 amide bonds. The van der Waals surface area contributed by atoms with Gasteiger partial charge < -0.3 is 20.2 Å². The van der Waals surface area contributed by atoms with E-state index < -0.39 is 5.92 Å². The highest BCUT2D eigenvalue weighted by Crippen LogP contribution is 2.33. The maximum Gasteiger partial charge on any atom is 0.265 e. The van der Waals surface area contributed by atoms with Crippen LogP contribution in [-0.4, -0.2) is 35.9 Å². The number of H-pyrrole nitrogens is 1. The van der Waals surface area contributed by atoms with Gasteiger partial charge in [-0.25, -0.2) is 4.98 Å². The standard InChI is InChI=1S/C18H17N5O3/c1-25-11-7-10(8-12(9-11)26-2)23-18(24)15(16(19)22-23)17-20-13-5-3-4-6-14(13)21-17/h3-9,15H,1-2H3,(H2,19,22)(H,20,21). The predicted molar refractivity (Wildman–Crippen MR) is 97.5 cm³/mol. The highest BCUT2D eigenvalue weighted by molar-refractivity contribution is 6.18. The first-order valence-electron chi connectivity index (χ1n) is 7.96. The molecular weight excluding hydrogens is 334 g/mol. The first-order valence-corrected chi connectivity index (χ1v) is 7.96. The third kappa shape index (κ3) is 2.52. The number of ether oxygens (including phenoxy) is 2. The summed E-state index contributed by atoms with van der Waals surface area (Å²) in [4.78, 5) is 20.6. The number of carbonyl (C=O) groups excluding carboxylic acids is 1. The van der Waals surface area contributed by atoms with E-state index in [4.69, 9.17) is 15.2 Å². The van der Waals surface area contributed by atoms with Gasteiger partial charge in [-0.2, -0.15) is 10.1 Å². The van der Waals surface area contributed by atoms with Crippen molar-refractivity contribution in [1.82, 2.24) is 9.97 Å². The molecule has 2 aromatic carbocycles. The average molecular weight is 351 g/mol. The number of nitrogens with zero attached hydrogens (tertiary/aromatic N) is 3. The SMILES string of the molecule is COc1cc(OC)cc(N2N=C(N)C(c3nc4ccccc4[nH]3)C2=O)c1. The smallest absolute Gasteiger partial charge is 0.265 e. The van der Waals surface area contributed by atoms with Crippen molar-refractivity contribution in [2.45, 2.75) is 5.92 Å². The number of hydrogen-bond donors (Lipinski definition) is 2. The van der Waals surface area contributed by atoms with E-state index in [2.05, 4.69) is 15.1 Å². The molecule has 1 aliphatic heterocycles. The molecular formula is C18H17N5O3. The minimum absolute atomic E-state index is 0.177. The van der Waals surface area contributed by atoms with Gasteiger partial charge in [0.2, 0.25) is 0 Å². The van der Waals surface area contributed by atoms with E-state index in [9.17, 15) is 4.79 Å². The van der Waals surface area contributed by atoms with Crippen LogP contribution in [0.15, 0.2) is 47.6 Å². The lowest BCUT2D eigenvalue weighted by atomic mass is 10.1. The Balaban J connectivity index is 1.72. The Kier molecular flexibility index (Phi) is 3.72. The minimum Gasteiger partial charge on any atom is -0.497 e. The van der Waals surface area contributed by atoms with Crippen LogP contribution in [0, 0.1) is 0 Å². The van der Waals surface area contributed by atoms with Gasteiger partial charge in [0.1, 0.15) is 23.2 Å². The average Bonchev–Trinajstić information content (AvgIpc) is 3.21. The number of imidazole rings is 1. The molecule has 1 aromatic heterocycles. The lowest BCUT2D eigenvalue weighted by Gasteiger charge is -2.15. The summed E-state index contributed by atoms with van der Waals surface area (Å²) in [5, 5.41) is 5.47. The molecule has 132 valence electrons. The first-order chi connectivity index (χ1) is 12.6. The summed E-state index contributed by atoms with van der Waals surface area (Å²) < 4.78 is 10.5. The molecule has 0 bridgehead atoms. The molecule has 1 unspecified atom stereocenters. The molecule has 0 aliphatic carbocycles. The number of rotatable bonds is 4. The summed E-state index contributed by atoms with van der Waals surface area (Å²) in [7, 11) is 3.08. The van der Waals surface area contributed by atoms with Crippen LogP contribution in [0.25, 0.3) is 11.0 Å². The third-order valence-electron chi connectivity index (χ3n) is 4.23. The Hall–Kier alpha value is -3.55. The second-order valence-electron chi connectivity index (χ2n) is 5.82. The number of nitrogens with one attached hydrogen (secondary N) is 1. The highest BCUT2D eigenvalue weighted by atomic mass is 16.5. The summed E-state index contributed by atoms with van der Waals surface area (Å²) in [6.45, 7) is 0. The number of amides is 1. The van der Waals surface area contributed by atoms with Gasteiger partial charge in [-0.1, -0.05) is 12.1 Å². The zero-order valence-electron chi connectivity index (χ0n) is 14.3. The number of hydrogen-bond acceptors (Lipinski definition) is 6. The Morgan fingerprint density at radius 1 is 1.12 bits per heavy atom. The summed E-state index contributed by atoms with van der Waals surface area (Å²) in [6.07, 6.45) is 0. The Morgan fingerprint density at radius 2 is 1.81 bits per heavy atom. The van der Waals surface area contributed by atoms with Crippen LogP contribution in [0.1, 0.15) is 11.7 Å². The fraction of sp³-hybridized carbons (Fsp3) is 0.167. The summed E-state index contributed by atoms with van der Waals surface area (Å²) >= 11 is 0. The summed E-state index contributed by atoms with van der Waals surface area (Å²) in [5.41, 5.74) is 8.17. The largest absolute Gasteiger partial charge is 0.497 e. The first kappa shape index (κ1) is 15.9. The molecule has 26 heavy (non-hydrogen) atoms. The van der Waals surface area contributed by atoms with Gasteiger partial charge in [-0.05, 0) is 12.1 Å². The van der Waals surface area contributed by atoms with Crippen molar-refractivity contribution >= 4 is 28.5 Å². The van der Waals surface area contributed by atoms with Crippen LogP contribution in [-0.2, 0) is 4.79 Å². The van der Waals surface area contributed by atoms with E-state index >= 15 is 0 Å². The van der Waals surface area contributed by atoms with Crippen molar-refractivity contribution in [2.75, 3.05) is 19.2 Å². The second-order valence-corrected chi connectivity index (χ2v) is 5.82. The molecule has 8 heteroatoms. The minimum atomic E-state index is -0.764. The molecule has 1 atom stereocenters. The number of carbonyl (C=O) groups is 1. The number of aromatic nitrogens is 2. The zero-order valence-corrected chi connectivity index (χ0v) is 14.3. The number of amidine groups is 1. The lowest BCUT2D eigenvalue weighted by Crippen LogP contribution is -2.29. The quantitative estimate of drug-likeness (QED) is 0.748. The number of hydrazone groups is 1. The van der Waals surface area contributed by atoms with Gasteiger partial charge in [0.05, 0.1) is 30.9 Å². The molecule has 0 fully saturated rings. The fourth-order valence-electron chi connectivity index (χ4n) is 2.94. The van der Waals surface area contributed by atoms with Crippen molar-refractivity contribution in [2.24, 2.45) is 10.8 Å². The molecule has 3 N–H and O–H groups in total. The van der Waals surface area contributed by atoms with E-state index in [-0.39, 0.29) is 11.7 Å². The number of anilines is 1. The van der Waals surface area contributed by atoms with E-state index in [0.717, 1.165) is 11.0 Å². The van der Waals surface area contributed by atoms with Gasteiger partial charge >= 0.3 is 0 Å². The molecule has 0 radical (unpaired) electrons. The number of nitrogens with two attached hydrogens (primary N) is 1. The highest BCUT2D eigenvalue weighted by Gasteiger charge is 2.39. The molecule has 0 spiro atoms. The Morgan fingerprint density at radius 3 is 2.46 bits per heavy atom. The maximum atomic E-state index is 13.0. The zero-order chi connectivity index (χ0) is 18.3. The summed E-state index contributed by atoms with van der Waals surface area (Å²) in [5.74, 6) is 0.684. The Labute approximate surface area is 149 Å². The van der Waals surface area contributed by atoms with Crippen molar-refractivity contribution < 1.29 is 14.3 Å². The topological polar surface area (TPSA) is 106 Å². The van der Waals surface area contributed by atoms with Gasteiger partial charge in [0.25, 0.3) is 5.91 Å². The number of aromatic amines is 1. The van der Waals surface area contributed by atoms with Gasteiger partial charge in [-0.3, -0.25) is 4.79 Å². The lowest BCUT2D eigenvalue weighted by molar-refractivity contribution is -0.118. The third-order valence-corrected chi connectivity index (χ3v) is 4.23. The Bertz CT molecular complexity index is 971. The van der Waals surface area contributed by atoms with Crippen LogP contribution in [0.3, 0.4) is 0 Å². The second kappa shape index (κ2) is 6.07. The molecule has 8 nitrogen and oxygen atoms in total. The molecule has 4 rings (SSSR count). The van der Waals surface area contributed by atoms with Crippen molar-refractivity contribution in [3.05, 3.63) is 48.3 Å². The fourth-order valence-corrected chi connectivity index (χ4v) is 2.94. The van der Waals surface area contributed by atoms with Crippen LogP contribution < -0.4 is 20.2 Å². The van der Waals surface area contributed by atoms with Crippen LogP contribution in [0.4, 0.5) is 5.69 Å². The molecule has 0 saturated heterocycles. The normalized spacial score (nSPS) is 16.8. The molecule has 1 aliphatic rings. The predicted octanol–water partition coefficient (Wildman–Crippen LogP) is 1.98. The van der Waals surface area contributed by atoms with Gasteiger partial charge in [0, 0.05) is 18.2 Å². The molecule has 3 aromatic rings. The molecule has 2 heterocycles. The van der Waals surface area contributed by atoms with E-state index in [1.54, 1.807) is 32.4 Å². The van der Waals surface area contributed by atoms with Crippen LogP contribution in [0.5, 0.6) is 11.5 Å². The number of para-hydroxylation sites is 2. The summed E-state index contributed by atoms with van der Waals surface area (Å²) in [6, 6.07) is 12.6. The number of fused-ring (bicyclic) bond motifs is 1. The maximum absolute atomic E-state index is 13.0. The van der Waals surface area contributed by atoms with Gasteiger partial charge in [-0.15, -0.1) is 0 Å². The van der Waals surface area contributed by atoms with Crippen molar-refractivity contribution in [3.8, 4) is 11.5 Å². The van der Waals surface area contributed by atoms with E-state index in [1.165, 1.54) is 5.01 Å². The van der Waals surface area contributed by atoms with Gasteiger partial charge in [0.15, 0.2) is 5.92 Å². The monoisotopic (exact) mass is 351 g/mol. The van der Waals surface area contributed by atoms with Crippen molar-refractivity contribution in [3.63, 3.8) is 0 Å².